The molecule has 0 fully saturated rings. The molecule has 0 radical (unpaired) electrons. The lowest BCUT2D eigenvalue weighted by Crippen LogP contribution is -2.34. The van der Waals surface area contributed by atoms with Gasteiger partial charge in [-0.3, -0.25) is 9.78 Å². The lowest BCUT2D eigenvalue weighted by molar-refractivity contribution is -0.119. The number of hydrogen-bond acceptors (Lipinski definition) is 7. The molecule has 2 aromatic rings. The van der Waals surface area contributed by atoms with E-state index in [1.165, 1.54) is 0 Å². The first-order valence-corrected chi connectivity index (χ1v) is 12.0. The van der Waals surface area contributed by atoms with Crippen molar-refractivity contribution < 1.29 is 14.6 Å². The summed E-state index contributed by atoms with van der Waals surface area (Å²) >= 11 is 0. The normalized spacial score (nSPS) is 13.7. The van der Waals surface area contributed by atoms with E-state index in [2.05, 4.69) is 25.8 Å². The Morgan fingerprint density at radius 2 is 1.91 bits per heavy atom. The Kier molecular flexibility index (Phi) is 7.73. The van der Waals surface area contributed by atoms with E-state index in [-0.39, 0.29) is 17.8 Å². The molecule has 0 atom stereocenters. The monoisotopic (exact) mass is 454 g/mol. The van der Waals surface area contributed by atoms with Gasteiger partial charge in [-0.1, -0.05) is 34.6 Å². The number of Topliss-reactive ketones (excluding diaryl/α,β-unsaturated/α-hetero) is 1. The van der Waals surface area contributed by atoms with Crippen LogP contribution in [0.5, 0.6) is 5.75 Å². The van der Waals surface area contributed by atoms with Crippen LogP contribution in [0.1, 0.15) is 71.6 Å². The fraction of sp³-hybridized carbons (Fsp3) is 0.615. The molecule has 0 aromatic carbocycles. The lowest BCUT2D eigenvalue weighted by Gasteiger charge is -2.25. The molecule has 2 heterocycles. The van der Waals surface area contributed by atoms with Crippen LogP contribution in [-0.4, -0.2) is 51.6 Å². The van der Waals surface area contributed by atoms with Crippen LogP contribution in [0.25, 0.3) is 11.5 Å². The Hall–Kier alpha value is -2.54. The van der Waals surface area contributed by atoms with Crippen LogP contribution in [-0.2, 0) is 17.6 Å². The molecule has 0 saturated carbocycles. The molecule has 0 unspecified atom stereocenters. The van der Waals surface area contributed by atoms with Crippen LogP contribution in [0, 0.1) is 5.41 Å². The number of anilines is 1. The Balaban J connectivity index is 1.85. The lowest BCUT2D eigenvalue weighted by atomic mass is 9.90. The van der Waals surface area contributed by atoms with Gasteiger partial charge in [0.2, 0.25) is 0 Å². The summed E-state index contributed by atoms with van der Waals surface area (Å²) in [6.07, 6.45) is 6.31. The number of carbonyl (C=O) groups excluding carboxylic acids is 1. The number of nitrogens with zero attached hydrogens (tertiary/aromatic N) is 4. The quantitative estimate of drug-likeness (QED) is 0.569. The third kappa shape index (κ3) is 6.50. The molecular weight excluding hydrogens is 416 g/mol. The Morgan fingerprint density at radius 3 is 2.58 bits per heavy atom. The van der Waals surface area contributed by atoms with Crippen molar-refractivity contribution in [2.24, 2.45) is 5.41 Å². The first-order valence-electron chi connectivity index (χ1n) is 12.0. The highest BCUT2D eigenvalue weighted by Crippen LogP contribution is 2.31. The van der Waals surface area contributed by atoms with Crippen molar-refractivity contribution in [3.8, 4) is 17.3 Å². The zero-order valence-electron chi connectivity index (χ0n) is 20.9. The summed E-state index contributed by atoms with van der Waals surface area (Å²) in [7, 11) is 1.93. The van der Waals surface area contributed by atoms with Crippen LogP contribution in [0.3, 0.4) is 0 Å². The van der Waals surface area contributed by atoms with Gasteiger partial charge in [0.1, 0.15) is 23.9 Å². The summed E-state index contributed by atoms with van der Waals surface area (Å²) in [6.45, 7) is 10.7. The van der Waals surface area contributed by atoms with Gasteiger partial charge in [-0.2, -0.15) is 0 Å². The number of ether oxygens (including phenoxy) is 1. The largest absolute Gasteiger partial charge is 0.490 e. The van der Waals surface area contributed by atoms with E-state index in [9.17, 15) is 9.90 Å². The highest BCUT2D eigenvalue weighted by Gasteiger charge is 2.26. The van der Waals surface area contributed by atoms with Gasteiger partial charge in [-0.15, -0.1) is 0 Å². The zero-order chi connectivity index (χ0) is 24.2. The van der Waals surface area contributed by atoms with E-state index in [0.717, 1.165) is 36.3 Å². The van der Waals surface area contributed by atoms with E-state index in [4.69, 9.17) is 14.7 Å². The Labute approximate surface area is 197 Å². The molecule has 2 aromatic heterocycles. The summed E-state index contributed by atoms with van der Waals surface area (Å²) in [5.41, 5.74) is 1.90. The van der Waals surface area contributed by atoms with Gasteiger partial charge in [-0.05, 0) is 43.6 Å². The van der Waals surface area contributed by atoms with Gasteiger partial charge < -0.3 is 14.7 Å². The molecule has 1 aliphatic carbocycles. The van der Waals surface area contributed by atoms with Crippen molar-refractivity contribution >= 4 is 11.6 Å². The Morgan fingerprint density at radius 1 is 1.18 bits per heavy atom. The smallest absolute Gasteiger partial charge is 0.180 e. The SMILES string of the molecule is CCC(O)(CC)COc1ccnc(-c2nc3c(c(N(C)CC(=O)CC(C)(C)C)n2)CCC3)c1. The molecule has 33 heavy (non-hydrogen) atoms. The maximum absolute atomic E-state index is 12.6. The van der Waals surface area contributed by atoms with E-state index in [0.29, 0.717) is 43.1 Å². The van der Waals surface area contributed by atoms with Gasteiger partial charge in [-0.25, -0.2) is 9.97 Å². The number of ketones is 1. The number of carbonyl (C=O) groups is 1. The summed E-state index contributed by atoms with van der Waals surface area (Å²) in [5.74, 6) is 2.17. The first kappa shape index (κ1) is 25.1. The predicted octanol–water partition coefficient (Wildman–Crippen LogP) is 4.40. The molecule has 0 saturated heterocycles. The number of aryl methyl sites for hydroxylation is 1. The molecule has 1 aliphatic rings. The fourth-order valence-electron chi connectivity index (χ4n) is 4.12. The van der Waals surface area contributed by atoms with Crippen LogP contribution < -0.4 is 9.64 Å². The highest BCUT2D eigenvalue weighted by atomic mass is 16.5. The molecule has 0 bridgehead atoms. The van der Waals surface area contributed by atoms with Crippen molar-refractivity contribution in [2.45, 2.75) is 78.7 Å². The summed E-state index contributed by atoms with van der Waals surface area (Å²) in [6, 6.07) is 3.60. The molecule has 1 N–H and O–H groups in total. The Bertz CT molecular complexity index is 980. The number of pyridine rings is 1. The summed E-state index contributed by atoms with van der Waals surface area (Å²) in [5, 5.41) is 10.5. The molecule has 3 rings (SSSR count). The number of likely N-dealkylation sites (N-methyl/N-ethyl adjacent to an activating group) is 1. The second kappa shape index (κ2) is 10.2. The minimum Gasteiger partial charge on any atom is -0.490 e. The average molecular weight is 455 g/mol. The molecule has 0 amide bonds. The first-order chi connectivity index (χ1) is 15.5. The fourth-order valence-corrected chi connectivity index (χ4v) is 4.12. The molecular formula is C26H38N4O3. The molecule has 0 aliphatic heterocycles. The van der Waals surface area contributed by atoms with Gasteiger partial charge in [0.15, 0.2) is 11.6 Å². The van der Waals surface area contributed by atoms with E-state index < -0.39 is 5.60 Å². The van der Waals surface area contributed by atoms with Crippen molar-refractivity contribution in [3.63, 3.8) is 0 Å². The van der Waals surface area contributed by atoms with Crippen molar-refractivity contribution in [2.75, 3.05) is 25.1 Å². The average Bonchev–Trinajstić information content (AvgIpc) is 3.24. The van der Waals surface area contributed by atoms with Crippen LogP contribution in [0.4, 0.5) is 5.82 Å². The van der Waals surface area contributed by atoms with E-state index in [1.54, 1.807) is 12.3 Å². The van der Waals surface area contributed by atoms with Crippen LogP contribution in [0.2, 0.25) is 0 Å². The third-order valence-electron chi connectivity index (χ3n) is 6.20. The van der Waals surface area contributed by atoms with Gasteiger partial charge in [0, 0.05) is 37.0 Å². The predicted molar refractivity (Wildman–Crippen MR) is 131 cm³/mol. The number of fused-ring (bicyclic) bond motifs is 1. The number of hydrogen-bond donors (Lipinski definition) is 1. The molecule has 180 valence electrons. The van der Waals surface area contributed by atoms with Crippen molar-refractivity contribution in [1.82, 2.24) is 15.0 Å². The highest BCUT2D eigenvalue weighted by molar-refractivity contribution is 5.84. The number of aliphatic hydroxyl groups is 1. The maximum atomic E-state index is 12.6. The van der Waals surface area contributed by atoms with Gasteiger partial charge in [0.05, 0.1) is 12.1 Å². The standard InChI is InChI=1S/C26H38N4O3/c1-7-26(32,8-2)17-33-19-12-13-27-22(14-19)23-28-21-11-9-10-20(21)24(29-23)30(6)16-18(31)15-25(3,4)5/h12-14,32H,7-11,15-17H2,1-6H3. The third-order valence-corrected chi connectivity index (χ3v) is 6.20. The minimum atomic E-state index is -0.844. The van der Waals surface area contributed by atoms with E-state index >= 15 is 0 Å². The number of aromatic nitrogens is 3. The second-order valence-electron chi connectivity index (χ2n) is 10.4. The zero-order valence-corrected chi connectivity index (χ0v) is 20.9. The molecule has 0 spiro atoms. The summed E-state index contributed by atoms with van der Waals surface area (Å²) < 4.78 is 5.88. The van der Waals surface area contributed by atoms with E-state index in [1.807, 2.05) is 31.9 Å². The number of rotatable bonds is 10. The topological polar surface area (TPSA) is 88.4 Å². The van der Waals surface area contributed by atoms with Gasteiger partial charge in [0.25, 0.3) is 0 Å². The van der Waals surface area contributed by atoms with Crippen molar-refractivity contribution in [1.29, 1.82) is 0 Å². The molecule has 7 nitrogen and oxygen atoms in total. The van der Waals surface area contributed by atoms with Crippen LogP contribution >= 0.6 is 0 Å². The minimum absolute atomic E-state index is 0.0389. The van der Waals surface area contributed by atoms with Crippen molar-refractivity contribution in [3.05, 3.63) is 29.6 Å². The van der Waals surface area contributed by atoms with Crippen LogP contribution in [0.15, 0.2) is 18.3 Å². The molecule has 7 heteroatoms. The second-order valence-corrected chi connectivity index (χ2v) is 10.4. The maximum Gasteiger partial charge on any atom is 0.180 e. The van der Waals surface area contributed by atoms with Gasteiger partial charge >= 0.3 is 0 Å². The summed E-state index contributed by atoms with van der Waals surface area (Å²) in [4.78, 5) is 28.7.